The second kappa shape index (κ2) is 5.97. The van der Waals surface area contributed by atoms with Crippen LogP contribution in [0, 0.1) is 0 Å². The molecule has 5 nitrogen and oxygen atoms in total. The van der Waals surface area contributed by atoms with Crippen molar-refractivity contribution >= 4 is 15.8 Å². The minimum Gasteiger partial charge on any atom is -0.478 e. The number of aromatic carboxylic acids is 1. The topological polar surface area (TPSA) is 74.7 Å². The Bertz CT molecular complexity index is 739. The quantitative estimate of drug-likeness (QED) is 0.826. The minimum atomic E-state index is -4.85. The van der Waals surface area contributed by atoms with Gasteiger partial charge in [-0.2, -0.15) is 13.2 Å². The van der Waals surface area contributed by atoms with E-state index in [-0.39, 0.29) is 0 Å². The van der Waals surface area contributed by atoms with Crippen LogP contribution in [0.4, 0.5) is 13.2 Å². The van der Waals surface area contributed by atoms with Crippen LogP contribution in [0.5, 0.6) is 0 Å². The number of hydrogen-bond donors (Lipinski definition) is 1. The van der Waals surface area contributed by atoms with Gasteiger partial charge in [0, 0.05) is 13.1 Å². The Morgan fingerprint density at radius 2 is 1.91 bits per heavy atom. The maximum atomic E-state index is 12.9. The predicted molar refractivity (Wildman–Crippen MR) is 75.8 cm³/mol. The fraction of sp³-hybridized carbons (Fsp3) is 0.357. The third-order valence-electron chi connectivity index (χ3n) is 3.58. The van der Waals surface area contributed by atoms with Crippen molar-refractivity contribution in [3.05, 3.63) is 42.0 Å². The van der Waals surface area contributed by atoms with Gasteiger partial charge < -0.3 is 5.11 Å². The average Bonchev–Trinajstić information content (AvgIpc) is 2.40. The van der Waals surface area contributed by atoms with Gasteiger partial charge in [0.05, 0.1) is 16.0 Å². The number of carboxylic acids is 1. The Balaban J connectivity index is 2.58. The number of carbonyl (C=O) groups is 1. The van der Waals surface area contributed by atoms with Gasteiger partial charge in [0.25, 0.3) is 0 Å². The zero-order chi connectivity index (χ0) is 17.4. The molecule has 1 saturated heterocycles. The van der Waals surface area contributed by atoms with Crippen molar-refractivity contribution in [1.29, 1.82) is 0 Å². The van der Waals surface area contributed by atoms with Gasteiger partial charge in [-0.15, -0.1) is 6.58 Å². The molecule has 0 saturated carbocycles. The molecule has 1 N–H and O–H groups in total. The van der Waals surface area contributed by atoms with Gasteiger partial charge in [0.1, 0.15) is 5.37 Å². The number of benzene rings is 1. The Morgan fingerprint density at radius 1 is 1.30 bits per heavy atom. The fourth-order valence-electron chi connectivity index (χ4n) is 2.26. The molecule has 1 atom stereocenters. The number of rotatable bonds is 5. The van der Waals surface area contributed by atoms with E-state index in [4.69, 9.17) is 5.11 Å². The van der Waals surface area contributed by atoms with Gasteiger partial charge in [-0.1, -0.05) is 6.08 Å². The molecule has 1 aliphatic heterocycles. The lowest BCUT2D eigenvalue weighted by atomic mass is 10.1. The fourth-order valence-corrected chi connectivity index (χ4v) is 3.98. The second-order valence-electron chi connectivity index (χ2n) is 5.11. The second-order valence-corrected chi connectivity index (χ2v) is 7.15. The number of sulfone groups is 1. The summed E-state index contributed by atoms with van der Waals surface area (Å²) >= 11 is 0. The molecular formula is C14H14F3NO4S. The summed E-state index contributed by atoms with van der Waals surface area (Å²) < 4.78 is 63.9. The summed E-state index contributed by atoms with van der Waals surface area (Å²) in [6.45, 7) is 4.40. The molecule has 9 heteroatoms. The third kappa shape index (κ3) is 3.40. The molecule has 126 valence electrons. The van der Waals surface area contributed by atoms with Crippen molar-refractivity contribution in [2.75, 3.05) is 13.1 Å². The van der Waals surface area contributed by atoms with Crippen molar-refractivity contribution in [2.24, 2.45) is 0 Å². The van der Waals surface area contributed by atoms with Gasteiger partial charge in [0.2, 0.25) is 0 Å². The van der Waals surface area contributed by atoms with Crippen LogP contribution in [0.1, 0.15) is 22.3 Å². The molecule has 0 bridgehead atoms. The summed E-state index contributed by atoms with van der Waals surface area (Å²) in [7, 11) is -4.21. The van der Waals surface area contributed by atoms with Crippen LogP contribution < -0.4 is 0 Å². The van der Waals surface area contributed by atoms with Crippen LogP contribution in [0.2, 0.25) is 0 Å². The van der Waals surface area contributed by atoms with Crippen molar-refractivity contribution in [1.82, 2.24) is 4.90 Å². The van der Waals surface area contributed by atoms with Crippen LogP contribution in [0.3, 0.4) is 0 Å². The molecular weight excluding hydrogens is 335 g/mol. The number of likely N-dealkylation sites (tertiary alicyclic amines) is 1. The molecule has 1 aliphatic rings. The number of carboxylic acid groups (broad SMARTS) is 1. The first-order chi connectivity index (χ1) is 10.6. The number of halogens is 3. The van der Waals surface area contributed by atoms with Crippen molar-refractivity contribution in [3.8, 4) is 0 Å². The SMILES string of the molecule is C=CC(N1CCC1)S(=O)(=O)c1cc(C(=O)O)cc(C(F)(F)F)c1. The largest absolute Gasteiger partial charge is 0.478 e. The summed E-state index contributed by atoms with van der Waals surface area (Å²) in [5.74, 6) is -1.63. The Kier molecular flexibility index (Phi) is 4.54. The summed E-state index contributed by atoms with van der Waals surface area (Å²) in [5, 5.41) is 7.76. The van der Waals surface area contributed by atoms with Crippen molar-refractivity contribution in [2.45, 2.75) is 22.9 Å². The highest BCUT2D eigenvalue weighted by atomic mass is 32.2. The molecule has 0 aliphatic carbocycles. The highest BCUT2D eigenvalue weighted by Gasteiger charge is 2.37. The predicted octanol–water partition coefficient (Wildman–Crippen LogP) is 2.40. The molecule has 1 aromatic carbocycles. The lowest BCUT2D eigenvalue weighted by Gasteiger charge is -2.36. The third-order valence-corrected chi connectivity index (χ3v) is 5.60. The first kappa shape index (κ1) is 17.5. The van der Waals surface area contributed by atoms with Gasteiger partial charge in [-0.3, -0.25) is 4.90 Å². The molecule has 1 fully saturated rings. The van der Waals surface area contributed by atoms with Crippen LogP contribution in [0.25, 0.3) is 0 Å². The van der Waals surface area contributed by atoms with Crippen LogP contribution in [-0.4, -0.2) is 42.9 Å². The minimum absolute atomic E-state index is 0.411. The van der Waals surface area contributed by atoms with Gasteiger partial charge in [-0.05, 0) is 24.6 Å². The summed E-state index contributed by atoms with van der Waals surface area (Å²) in [4.78, 5) is 11.9. The normalized spacial score (nSPS) is 17.3. The molecule has 0 amide bonds. The molecule has 0 spiro atoms. The molecule has 23 heavy (non-hydrogen) atoms. The van der Waals surface area contributed by atoms with E-state index in [1.54, 1.807) is 4.90 Å². The Hall–Kier alpha value is -1.87. The molecule has 2 rings (SSSR count). The van der Waals surface area contributed by atoms with E-state index in [2.05, 4.69) is 6.58 Å². The Morgan fingerprint density at radius 3 is 2.30 bits per heavy atom. The zero-order valence-electron chi connectivity index (χ0n) is 11.9. The monoisotopic (exact) mass is 349 g/mol. The Labute approximate surface area is 130 Å². The number of nitrogens with zero attached hydrogens (tertiary/aromatic N) is 1. The number of alkyl halides is 3. The summed E-state index contributed by atoms with van der Waals surface area (Å²) in [5.41, 5.74) is -2.05. The lowest BCUT2D eigenvalue weighted by Crippen LogP contribution is -2.47. The molecule has 0 radical (unpaired) electrons. The standard InChI is InChI=1S/C14H14F3NO4S/c1-2-12(18-4-3-5-18)23(21,22)11-7-9(13(19)20)6-10(8-11)14(15,16)17/h2,6-8,12H,1,3-5H2,(H,19,20). The van der Waals surface area contributed by atoms with Crippen LogP contribution in [0.15, 0.2) is 35.7 Å². The zero-order valence-corrected chi connectivity index (χ0v) is 12.7. The van der Waals surface area contributed by atoms with E-state index < -0.39 is 43.4 Å². The first-order valence-corrected chi connectivity index (χ1v) is 8.18. The van der Waals surface area contributed by atoms with E-state index in [0.29, 0.717) is 25.2 Å². The van der Waals surface area contributed by atoms with E-state index >= 15 is 0 Å². The van der Waals surface area contributed by atoms with Crippen molar-refractivity contribution in [3.63, 3.8) is 0 Å². The number of hydrogen-bond acceptors (Lipinski definition) is 4. The average molecular weight is 349 g/mol. The van der Waals surface area contributed by atoms with E-state index in [0.717, 1.165) is 18.6 Å². The van der Waals surface area contributed by atoms with Crippen molar-refractivity contribution < 1.29 is 31.5 Å². The molecule has 0 aromatic heterocycles. The van der Waals surface area contributed by atoms with Gasteiger partial charge in [-0.25, -0.2) is 13.2 Å². The van der Waals surface area contributed by atoms with E-state index in [1.807, 2.05) is 0 Å². The van der Waals surface area contributed by atoms with Crippen LogP contribution in [-0.2, 0) is 16.0 Å². The maximum absolute atomic E-state index is 12.9. The summed E-state index contributed by atoms with van der Waals surface area (Å²) in [6, 6.07) is 1.61. The highest BCUT2D eigenvalue weighted by molar-refractivity contribution is 7.92. The smallest absolute Gasteiger partial charge is 0.416 e. The molecule has 1 unspecified atom stereocenters. The maximum Gasteiger partial charge on any atom is 0.416 e. The summed E-state index contributed by atoms with van der Waals surface area (Å²) in [6.07, 6.45) is -2.94. The van der Waals surface area contributed by atoms with Crippen LogP contribution >= 0.6 is 0 Å². The van der Waals surface area contributed by atoms with Gasteiger partial charge >= 0.3 is 12.1 Å². The highest BCUT2D eigenvalue weighted by Crippen LogP contribution is 2.33. The molecule has 1 heterocycles. The van der Waals surface area contributed by atoms with E-state index in [1.165, 1.54) is 0 Å². The van der Waals surface area contributed by atoms with E-state index in [9.17, 15) is 26.4 Å². The van der Waals surface area contributed by atoms with Gasteiger partial charge in [0.15, 0.2) is 9.84 Å². The first-order valence-electron chi connectivity index (χ1n) is 6.63. The lowest BCUT2D eigenvalue weighted by molar-refractivity contribution is -0.137. The molecule has 1 aromatic rings.